The molecule has 0 aliphatic carbocycles. The normalized spacial score (nSPS) is 11.7. The molecule has 0 radical (unpaired) electrons. The van der Waals surface area contributed by atoms with Crippen LogP contribution in [-0.2, 0) is 4.79 Å². The lowest BCUT2D eigenvalue weighted by molar-refractivity contribution is -0.118. The van der Waals surface area contributed by atoms with Gasteiger partial charge in [-0.1, -0.05) is 54.6 Å². The van der Waals surface area contributed by atoms with Gasteiger partial charge in [-0.3, -0.25) is 19.4 Å². The lowest BCUT2D eigenvalue weighted by atomic mass is 9.99. The molecular formula is C23H18N4O3. The van der Waals surface area contributed by atoms with Crippen molar-refractivity contribution < 1.29 is 4.79 Å². The summed E-state index contributed by atoms with van der Waals surface area (Å²) in [5, 5.41) is 5.73. The molecule has 0 spiro atoms. The van der Waals surface area contributed by atoms with Gasteiger partial charge in [0, 0.05) is 18.1 Å². The number of carbonyl (C=O) groups is 1. The van der Waals surface area contributed by atoms with Crippen molar-refractivity contribution in [2.75, 3.05) is 10.6 Å². The van der Waals surface area contributed by atoms with Crippen molar-refractivity contribution >= 4 is 23.0 Å². The summed E-state index contributed by atoms with van der Waals surface area (Å²) < 4.78 is 0. The average Bonchev–Trinajstić information content (AvgIpc) is 2.79. The maximum atomic E-state index is 12.1. The number of aromatic nitrogens is 1. The van der Waals surface area contributed by atoms with Crippen LogP contribution in [0.2, 0.25) is 0 Å². The number of hydrogen-bond acceptors (Lipinski definition) is 6. The van der Waals surface area contributed by atoms with Crippen LogP contribution < -0.4 is 27.2 Å². The van der Waals surface area contributed by atoms with E-state index in [2.05, 4.69) is 15.6 Å². The van der Waals surface area contributed by atoms with Crippen LogP contribution >= 0.6 is 0 Å². The number of rotatable bonds is 7. The van der Waals surface area contributed by atoms with Crippen molar-refractivity contribution in [3.8, 4) is 11.1 Å². The molecule has 1 atom stereocenters. The number of amides is 1. The fourth-order valence-corrected chi connectivity index (χ4v) is 3.19. The van der Waals surface area contributed by atoms with Crippen LogP contribution in [0.3, 0.4) is 0 Å². The van der Waals surface area contributed by atoms with Crippen LogP contribution in [0.15, 0.2) is 88.7 Å². The van der Waals surface area contributed by atoms with Gasteiger partial charge in [0.1, 0.15) is 17.4 Å². The molecule has 0 fully saturated rings. The standard InChI is InChI=1S/C23H18N4O3/c24-23(30)18(16-8-6-15(7-9-16)14-4-2-1-3-5-14)27-20-19(21(28)22(20)29)26-17-10-12-25-13-11-17/h1-13,18,27H,(H2,24,30)(H,25,26). The molecule has 0 aliphatic rings. The molecule has 1 amide bonds. The number of pyridine rings is 1. The van der Waals surface area contributed by atoms with Gasteiger partial charge in [-0.05, 0) is 28.8 Å². The van der Waals surface area contributed by atoms with Crippen molar-refractivity contribution in [1.82, 2.24) is 4.98 Å². The summed E-state index contributed by atoms with van der Waals surface area (Å²) in [4.78, 5) is 40.1. The second-order valence-electron chi connectivity index (χ2n) is 6.74. The fourth-order valence-electron chi connectivity index (χ4n) is 3.19. The second kappa shape index (κ2) is 8.00. The Morgan fingerprint density at radius 3 is 2.03 bits per heavy atom. The van der Waals surface area contributed by atoms with Crippen LogP contribution in [0.1, 0.15) is 11.6 Å². The lowest BCUT2D eigenvalue weighted by Gasteiger charge is -2.21. The molecule has 30 heavy (non-hydrogen) atoms. The summed E-state index contributed by atoms with van der Waals surface area (Å²) in [5.41, 5.74) is 7.57. The number of anilines is 3. The van der Waals surface area contributed by atoms with E-state index in [1.165, 1.54) is 0 Å². The van der Waals surface area contributed by atoms with Crippen molar-refractivity contribution in [2.45, 2.75) is 6.04 Å². The Balaban J connectivity index is 1.60. The molecule has 7 nitrogen and oxygen atoms in total. The van der Waals surface area contributed by atoms with Crippen molar-refractivity contribution in [3.05, 3.63) is 105 Å². The van der Waals surface area contributed by atoms with E-state index in [4.69, 9.17) is 5.73 Å². The quantitative estimate of drug-likeness (QED) is 0.413. The minimum Gasteiger partial charge on any atom is -0.368 e. The zero-order valence-corrected chi connectivity index (χ0v) is 15.8. The van der Waals surface area contributed by atoms with E-state index < -0.39 is 22.8 Å². The average molecular weight is 398 g/mol. The first-order valence-electron chi connectivity index (χ1n) is 9.26. The van der Waals surface area contributed by atoms with E-state index in [9.17, 15) is 14.4 Å². The van der Waals surface area contributed by atoms with E-state index in [1.807, 2.05) is 42.5 Å². The number of hydrogen-bond donors (Lipinski definition) is 3. The van der Waals surface area contributed by atoms with Gasteiger partial charge in [0.15, 0.2) is 0 Å². The monoisotopic (exact) mass is 398 g/mol. The third-order valence-electron chi connectivity index (χ3n) is 4.78. The number of benzene rings is 2. The first-order chi connectivity index (χ1) is 14.5. The predicted molar refractivity (Wildman–Crippen MR) is 116 cm³/mol. The minimum absolute atomic E-state index is 0.0350. The fraction of sp³-hybridized carbons (Fsp3) is 0.0435. The van der Waals surface area contributed by atoms with Gasteiger partial charge in [-0.15, -0.1) is 0 Å². The molecule has 1 unspecified atom stereocenters. The molecule has 0 bridgehead atoms. The summed E-state index contributed by atoms with van der Waals surface area (Å²) in [6.07, 6.45) is 3.11. The number of nitrogens with two attached hydrogens (primary N) is 1. The Hall–Kier alpha value is -4.26. The van der Waals surface area contributed by atoms with Crippen molar-refractivity contribution in [1.29, 1.82) is 0 Å². The van der Waals surface area contributed by atoms with Crippen molar-refractivity contribution in [3.63, 3.8) is 0 Å². The molecule has 0 aliphatic heterocycles. The number of nitrogens with zero attached hydrogens (tertiary/aromatic N) is 1. The molecule has 4 rings (SSSR count). The third-order valence-corrected chi connectivity index (χ3v) is 4.78. The minimum atomic E-state index is -0.962. The predicted octanol–water partition coefficient (Wildman–Crippen LogP) is 2.73. The Morgan fingerprint density at radius 2 is 1.40 bits per heavy atom. The van der Waals surface area contributed by atoms with Gasteiger partial charge in [-0.2, -0.15) is 0 Å². The molecule has 0 saturated carbocycles. The van der Waals surface area contributed by atoms with Crippen LogP contribution in [0.5, 0.6) is 0 Å². The zero-order valence-electron chi connectivity index (χ0n) is 15.8. The Morgan fingerprint density at radius 1 is 0.800 bits per heavy atom. The molecule has 7 heteroatoms. The zero-order chi connectivity index (χ0) is 21.1. The Kier molecular flexibility index (Phi) is 5.09. The maximum Gasteiger partial charge on any atom is 0.253 e. The van der Waals surface area contributed by atoms with Crippen LogP contribution in [-0.4, -0.2) is 10.9 Å². The Labute approximate surface area is 171 Å². The van der Waals surface area contributed by atoms with E-state index >= 15 is 0 Å². The summed E-state index contributed by atoms with van der Waals surface area (Å²) in [6.45, 7) is 0. The van der Waals surface area contributed by atoms with Crippen LogP contribution in [0, 0.1) is 0 Å². The first-order valence-corrected chi connectivity index (χ1v) is 9.26. The summed E-state index contributed by atoms with van der Waals surface area (Å²) >= 11 is 0. The number of carbonyl (C=O) groups excluding carboxylic acids is 1. The van der Waals surface area contributed by atoms with Crippen LogP contribution in [0.25, 0.3) is 11.1 Å². The van der Waals surface area contributed by atoms with Gasteiger partial charge in [-0.25, -0.2) is 0 Å². The molecule has 1 heterocycles. The summed E-state index contributed by atoms with van der Waals surface area (Å²) in [6, 6.07) is 19.4. The molecule has 3 aromatic carbocycles. The van der Waals surface area contributed by atoms with Gasteiger partial charge in [0.05, 0.1) is 0 Å². The third kappa shape index (κ3) is 3.68. The van der Waals surface area contributed by atoms with Crippen molar-refractivity contribution in [2.24, 2.45) is 5.73 Å². The largest absolute Gasteiger partial charge is 0.368 e. The van der Waals surface area contributed by atoms with Gasteiger partial charge >= 0.3 is 0 Å². The number of primary amides is 1. The van der Waals surface area contributed by atoms with Crippen LogP contribution in [0.4, 0.5) is 17.1 Å². The van der Waals surface area contributed by atoms with E-state index in [0.717, 1.165) is 11.1 Å². The van der Waals surface area contributed by atoms with Gasteiger partial charge in [0.25, 0.3) is 10.9 Å². The second-order valence-corrected chi connectivity index (χ2v) is 6.74. The number of nitrogens with one attached hydrogen (secondary N) is 2. The molecule has 0 saturated heterocycles. The summed E-state index contributed by atoms with van der Waals surface area (Å²) in [5.74, 6) is -0.662. The topological polar surface area (TPSA) is 114 Å². The van der Waals surface area contributed by atoms with E-state index in [0.29, 0.717) is 11.3 Å². The molecule has 4 N–H and O–H groups in total. The smallest absolute Gasteiger partial charge is 0.253 e. The molecule has 148 valence electrons. The van der Waals surface area contributed by atoms with E-state index in [1.54, 1.807) is 36.7 Å². The lowest BCUT2D eigenvalue weighted by Crippen LogP contribution is -2.39. The summed E-state index contributed by atoms with van der Waals surface area (Å²) in [7, 11) is 0. The van der Waals surface area contributed by atoms with E-state index in [-0.39, 0.29) is 11.4 Å². The molecule has 4 aromatic rings. The highest BCUT2D eigenvalue weighted by atomic mass is 16.2. The first kappa shape index (κ1) is 19.1. The van der Waals surface area contributed by atoms with Gasteiger partial charge < -0.3 is 16.4 Å². The highest BCUT2D eigenvalue weighted by Crippen LogP contribution is 2.27. The highest BCUT2D eigenvalue weighted by molar-refractivity contribution is 5.88. The SMILES string of the molecule is NC(=O)C(Nc1c(Nc2ccncc2)c(=O)c1=O)c1ccc(-c2ccccc2)cc1. The highest BCUT2D eigenvalue weighted by Gasteiger charge is 2.26. The van der Waals surface area contributed by atoms with Gasteiger partial charge in [0.2, 0.25) is 5.91 Å². The molecular weight excluding hydrogens is 380 g/mol. The molecule has 1 aromatic heterocycles. The Bertz CT molecular complexity index is 1250. The maximum absolute atomic E-state index is 12.1.